The van der Waals surface area contributed by atoms with E-state index in [1.54, 1.807) is 19.2 Å². The number of aliphatic hydroxyl groups excluding tert-OH is 1. The summed E-state index contributed by atoms with van der Waals surface area (Å²) in [6.45, 7) is 0.591. The molecule has 1 heterocycles. The van der Waals surface area contributed by atoms with Crippen LogP contribution >= 0.6 is 11.3 Å². The van der Waals surface area contributed by atoms with Gasteiger partial charge in [-0.25, -0.2) is 0 Å². The summed E-state index contributed by atoms with van der Waals surface area (Å²) in [5, 5.41) is 13.9. The molecule has 2 N–H and O–H groups in total. The van der Waals surface area contributed by atoms with Gasteiger partial charge < -0.3 is 20.1 Å². The maximum atomic E-state index is 11.9. The zero-order valence-corrected chi connectivity index (χ0v) is 12.5. The largest absolute Gasteiger partial charge is 0.391 e. The molecule has 1 aromatic heterocycles. The predicted molar refractivity (Wildman–Crippen MR) is 76.8 cm³/mol. The first kappa shape index (κ1) is 16.6. The Bertz CT molecular complexity index is 422. The van der Waals surface area contributed by atoms with Crippen molar-refractivity contribution in [1.29, 1.82) is 0 Å². The molecule has 0 saturated heterocycles. The summed E-state index contributed by atoms with van der Waals surface area (Å²) in [5.41, 5.74) is 0. The third-order valence-electron chi connectivity index (χ3n) is 2.62. The van der Waals surface area contributed by atoms with Crippen molar-refractivity contribution in [3.8, 4) is 0 Å². The maximum Gasteiger partial charge on any atom is 0.264 e. The number of hydrogen-bond acceptors (Lipinski definition) is 5. The van der Waals surface area contributed by atoms with Crippen molar-refractivity contribution in [2.45, 2.75) is 12.5 Å². The molecule has 2 amide bonds. The van der Waals surface area contributed by atoms with E-state index in [2.05, 4.69) is 5.32 Å². The van der Waals surface area contributed by atoms with E-state index in [1.807, 2.05) is 5.38 Å². The fraction of sp³-hybridized carbons (Fsp3) is 0.538. The molecule has 0 aliphatic carbocycles. The number of ether oxygens (including phenoxy) is 1. The van der Waals surface area contributed by atoms with Gasteiger partial charge in [-0.15, -0.1) is 11.3 Å². The quantitative estimate of drug-likeness (QED) is 0.725. The Morgan fingerprint density at radius 1 is 1.55 bits per heavy atom. The molecule has 0 aromatic carbocycles. The first-order valence-corrected chi connectivity index (χ1v) is 7.15. The molecule has 0 saturated carbocycles. The van der Waals surface area contributed by atoms with Gasteiger partial charge in [0.05, 0.1) is 24.1 Å². The molecule has 0 radical (unpaired) electrons. The van der Waals surface area contributed by atoms with E-state index in [-0.39, 0.29) is 25.0 Å². The van der Waals surface area contributed by atoms with Crippen LogP contribution in [0.3, 0.4) is 0 Å². The van der Waals surface area contributed by atoms with Gasteiger partial charge in [0, 0.05) is 20.7 Å². The highest BCUT2D eigenvalue weighted by molar-refractivity contribution is 7.12. The van der Waals surface area contributed by atoms with Gasteiger partial charge in [0.1, 0.15) is 0 Å². The van der Waals surface area contributed by atoms with Crippen molar-refractivity contribution in [2.75, 3.05) is 33.9 Å². The fourth-order valence-corrected chi connectivity index (χ4v) is 2.30. The molecule has 1 rings (SSSR count). The van der Waals surface area contributed by atoms with Crippen LogP contribution in [-0.2, 0) is 9.53 Å². The lowest BCUT2D eigenvalue weighted by molar-refractivity contribution is -0.121. The van der Waals surface area contributed by atoms with Crippen molar-refractivity contribution in [1.82, 2.24) is 10.2 Å². The summed E-state index contributed by atoms with van der Waals surface area (Å²) >= 11 is 1.34. The molecule has 7 heteroatoms. The first-order valence-electron chi connectivity index (χ1n) is 6.27. The fourth-order valence-electron chi connectivity index (χ4n) is 1.59. The van der Waals surface area contributed by atoms with Gasteiger partial charge in [0.2, 0.25) is 5.91 Å². The maximum absolute atomic E-state index is 11.9. The number of thiophene rings is 1. The van der Waals surface area contributed by atoms with Crippen LogP contribution in [0.5, 0.6) is 0 Å². The van der Waals surface area contributed by atoms with E-state index in [0.29, 0.717) is 17.8 Å². The van der Waals surface area contributed by atoms with E-state index in [0.717, 1.165) is 0 Å². The number of amides is 2. The third-order valence-corrected chi connectivity index (χ3v) is 3.48. The van der Waals surface area contributed by atoms with Crippen molar-refractivity contribution in [3.05, 3.63) is 22.4 Å². The van der Waals surface area contributed by atoms with E-state index >= 15 is 0 Å². The van der Waals surface area contributed by atoms with Crippen molar-refractivity contribution >= 4 is 23.2 Å². The smallest absolute Gasteiger partial charge is 0.264 e. The molecule has 1 atom stereocenters. The molecule has 6 nitrogen and oxygen atoms in total. The molecule has 20 heavy (non-hydrogen) atoms. The second kappa shape index (κ2) is 8.68. The molecule has 0 aliphatic rings. The lowest BCUT2D eigenvalue weighted by atomic mass is 10.2. The Hall–Kier alpha value is -1.44. The van der Waals surface area contributed by atoms with Crippen LogP contribution in [0, 0.1) is 0 Å². The van der Waals surface area contributed by atoms with Crippen molar-refractivity contribution in [2.24, 2.45) is 0 Å². The molecular formula is C13H20N2O4S. The lowest BCUT2D eigenvalue weighted by Gasteiger charge is -2.16. The number of carbonyl (C=O) groups is 2. The minimum atomic E-state index is -0.592. The second-order valence-electron chi connectivity index (χ2n) is 4.39. The number of rotatable bonds is 8. The number of aliphatic hydroxyl groups is 1. The Morgan fingerprint density at radius 3 is 2.90 bits per heavy atom. The van der Waals surface area contributed by atoms with Gasteiger partial charge in [-0.05, 0) is 17.9 Å². The summed E-state index contributed by atoms with van der Waals surface area (Å²) in [5.74, 6) is -0.420. The van der Waals surface area contributed by atoms with Crippen LogP contribution in [0.25, 0.3) is 0 Å². The zero-order chi connectivity index (χ0) is 15.0. The van der Waals surface area contributed by atoms with E-state index < -0.39 is 6.10 Å². The number of carbonyl (C=O) groups excluding carboxylic acids is 2. The predicted octanol–water partition coefficient (Wildman–Crippen LogP) is 0.334. The summed E-state index contributed by atoms with van der Waals surface area (Å²) in [4.78, 5) is 25.5. The summed E-state index contributed by atoms with van der Waals surface area (Å²) in [7, 11) is 3.09. The van der Waals surface area contributed by atoms with Gasteiger partial charge in [-0.2, -0.15) is 0 Å². The second-order valence-corrected chi connectivity index (χ2v) is 5.33. The van der Waals surface area contributed by atoms with Gasteiger partial charge in [-0.1, -0.05) is 6.07 Å². The van der Waals surface area contributed by atoms with Crippen LogP contribution in [0.1, 0.15) is 16.1 Å². The van der Waals surface area contributed by atoms with E-state index in [9.17, 15) is 14.7 Å². The topological polar surface area (TPSA) is 78.9 Å². The Morgan fingerprint density at radius 2 is 2.30 bits per heavy atom. The zero-order valence-electron chi connectivity index (χ0n) is 11.7. The third kappa shape index (κ3) is 5.68. The Labute approximate surface area is 122 Å². The number of methoxy groups -OCH3 is 1. The van der Waals surface area contributed by atoms with E-state index in [1.165, 1.54) is 23.3 Å². The van der Waals surface area contributed by atoms with Crippen LogP contribution in [0.2, 0.25) is 0 Å². The summed E-state index contributed by atoms with van der Waals surface area (Å²) < 4.78 is 4.78. The minimum absolute atomic E-state index is 0.00287. The highest BCUT2D eigenvalue weighted by Gasteiger charge is 2.15. The van der Waals surface area contributed by atoms with Crippen molar-refractivity contribution in [3.63, 3.8) is 0 Å². The molecule has 0 bridgehead atoms. The summed E-state index contributed by atoms with van der Waals surface area (Å²) in [6, 6.07) is 3.52. The lowest BCUT2D eigenvalue weighted by Crippen LogP contribution is -2.39. The number of nitrogens with one attached hydrogen (secondary N) is 1. The molecule has 0 aliphatic heterocycles. The van der Waals surface area contributed by atoms with Gasteiger partial charge in [0.25, 0.3) is 5.91 Å². The van der Waals surface area contributed by atoms with Crippen LogP contribution in [-0.4, -0.2) is 61.8 Å². The molecule has 0 spiro atoms. The monoisotopic (exact) mass is 300 g/mol. The molecule has 112 valence electrons. The highest BCUT2D eigenvalue weighted by atomic mass is 32.1. The minimum Gasteiger partial charge on any atom is -0.391 e. The average molecular weight is 300 g/mol. The normalized spacial score (nSPS) is 11.9. The van der Waals surface area contributed by atoms with Gasteiger partial charge in [0.15, 0.2) is 0 Å². The Balaban J connectivity index is 2.26. The SMILES string of the molecule is COCC(O)CCNC(=O)CN(C)C(=O)c1cccs1. The number of nitrogens with zero attached hydrogens (tertiary/aromatic N) is 1. The molecule has 1 unspecified atom stereocenters. The average Bonchev–Trinajstić information content (AvgIpc) is 2.91. The van der Waals surface area contributed by atoms with Crippen LogP contribution < -0.4 is 5.32 Å². The molecule has 1 aromatic rings. The standard InChI is InChI=1S/C13H20N2O4S/c1-15(13(18)11-4-3-7-20-11)8-12(17)14-6-5-10(16)9-19-2/h3-4,7,10,16H,5-6,8-9H2,1-2H3,(H,14,17). The summed E-state index contributed by atoms with van der Waals surface area (Å²) in [6.07, 6.45) is -0.173. The first-order chi connectivity index (χ1) is 9.54. The number of hydrogen-bond donors (Lipinski definition) is 2. The highest BCUT2D eigenvalue weighted by Crippen LogP contribution is 2.10. The van der Waals surface area contributed by atoms with Crippen LogP contribution in [0.15, 0.2) is 17.5 Å². The molecule has 0 fully saturated rings. The van der Waals surface area contributed by atoms with Crippen LogP contribution in [0.4, 0.5) is 0 Å². The number of likely N-dealkylation sites (N-methyl/N-ethyl adjacent to an activating group) is 1. The van der Waals surface area contributed by atoms with E-state index in [4.69, 9.17) is 4.74 Å². The Kier molecular flexibility index (Phi) is 7.21. The van der Waals surface area contributed by atoms with Gasteiger partial charge in [-0.3, -0.25) is 9.59 Å². The van der Waals surface area contributed by atoms with Crippen molar-refractivity contribution < 1.29 is 19.4 Å². The molecular weight excluding hydrogens is 280 g/mol. The van der Waals surface area contributed by atoms with Gasteiger partial charge >= 0.3 is 0 Å².